The first-order valence-electron chi connectivity index (χ1n) is 20.5. The Balaban J connectivity index is 1.11. The van der Waals surface area contributed by atoms with Gasteiger partial charge in [0.15, 0.2) is 0 Å². The predicted molar refractivity (Wildman–Crippen MR) is 241 cm³/mol. The number of nitrogens with zero attached hydrogens (tertiary/aromatic N) is 1. The zero-order valence-corrected chi connectivity index (χ0v) is 32.6. The molecule has 12 rings (SSSR count). The van der Waals surface area contributed by atoms with Crippen molar-refractivity contribution in [1.82, 2.24) is 0 Å². The van der Waals surface area contributed by atoms with Crippen molar-refractivity contribution in [1.29, 1.82) is 0 Å². The van der Waals surface area contributed by atoms with E-state index in [4.69, 9.17) is 4.74 Å². The van der Waals surface area contributed by atoms with Crippen LogP contribution in [-0.4, -0.2) is 0 Å². The van der Waals surface area contributed by atoms with E-state index < -0.39 is 10.8 Å². The van der Waals surface area contributed by atoms with E-state index in [0.29, 0.717) is 0 Å². The summed E-state index contributed by atoms with van der Waals surface area (Å²) in [5.41, 5.74) is 18.6. The highest BCUT2D eigenvalue weighted by Crippen LogP contribution is 2.63. The average Bonchev–Trinajstić information content (AvgIpc) is 3.75. The van der Waals surface area contributed by atoms with Crippen LogP contribution in [0.2, 0.25) is 0 Å². The molecule has 0 radical (unpaired) electrons. The highest BCUT2D eigenvalue weighted by atomic mass is 16.5. The molecule has 1 heterocycles. The van der Waals surface area contributed by atoms with E-state index in [-0.39, 0.29) is 0 Å². The highest BCUT2D eigenvalue weighted by molar-refractivity contribution is 5.93. The van der Waals surface area contributed by atoms with Crippen LogP contribution in [0.1, 0.15) is 50.1 Å². The normalized spacial score (nSPS) is 15.9. The summed E-state index contributed by atoms with van der Waals surface area (Å²) in [5.74, 6) is 1.79. The van der Waals surface area contributed by atoms with Gasteiger partial charge in [0.25, 0.3) is 0 Å². The molecular formula is C57H39NO. The lowest BCUT2D eigenvalue weighted by molar-refractivity contribution is 0.436. The van der Waals surface area contributed by atoms with Crippen LogP contribution in [0, 0.1) is 6.92 Å². The van der Waals surface area contributed by atoms with Crippen LogP contribution in [0.3, 0.4) is 0 Å². The number of benzene rings is 9. The van der Waals surface area contributed by atoms with Gasteiger partial charge in [0, 0.05) is 28.2 Å². The first kappa shape index (κ1) is 33.7. The second-order valence-corrected chi connectivity index (χ2v) is 16.0. The van der Waals surface area contributed by atoms with E-state index in [1.165, 1.54) is 61.2 Å². The van der Waals surface area contributed by atoms with E-state index in [2.05, 4.69) is 230 Å². The summed E-state index contributed by atoms with van der Waals surface area (Å²) in [6, 6.07) is 80.4. The lowest BCUT2D eigenvalue weighted by Gasteiger charge is -2.39. The van der Waals surface area contributed by atoms with E-state index in [1.54, 1.807) is 0 Å². The first-order valence-corrected chi connectivity index (χ1v) is 20.5. The molecule has 0 saturated carbocycles. The fourth-order valence-electron chi connectivity index (χ4n) is 10.7. The van der Waals surface area contributed by atoms with Crippen molar-refractivity contribution in [3.05, 3.63) is 268 Å². The monoisotopic (exact) mass is 753 g/mol. The Morgan fingerprint density at radius 2 is 0.797 bits per heavy atom. The van der Waals surface area contributed by atoms with Crippen LogP contribution in [0.4, 0.5) is 17.1 Å². The molecule has 9 aromatic rings. The summed E-state index contributed by atoms with van der Waals surface area (Å²) in [6.45, 7) is 2.17. The Hall–Kier alpha value is -7.42. The number of hydrogen-bond donors (Lipinski definition) is 0. The Morgan fingerprint density at radius 1 is 0.322 bits per heavy atom. The third-order valence-corrected chi connectivity index (χ3v) is 13.1. The lowest BCUT2D eigenvalue weighted by Crippen LogP contribution is -2.32. The molecule has 0 saturated heterocycles. The smallest absolute Gasteiger partial charge is 0.132 e. The Kier molecular flexibility index (Phi) is 7.31. The topological polar surface area (TPSA) is 12.5 Å². The summed E-state index contributed by atoms with van der Waals surface area (Å²) in [5, 5.41) is 0. The molecule has 0 fully saturated rings. The molecule has 1 aliphatic heterocycles. The quantitative estimate of drug-likeness (QED) is 0.174. The summed E-state index contributed by atoms with van der Waals surface area (Å²) >= 11 is 0. The van der Waals surface area contributed by atoms with Gasteiger partial charge in [-0.3, -0.25) is 0 Å². The number of ether oxygens (including phenoxy) is 1. The second kappa shape index (κ2) is 12.8. The van der Waals surface area contributed by atoms with Gasteiger partial charge in [-0.25, -0.2) is 0 Å². The van der Waals surface area contributed by atoms with E-state index in [0.717, 1.165) is 39.7 Å². The molecular weight excluding hydrogens is 715 g/mol. The van der Waals surface area contributed by atoms with Crippen molar-refractivity contribution >= 4 is 17.1 Å². The van der Waals surface area contributed by atoms with Crippen LogP contribution in [0.5, 0.6) is 11.5 Å². The minimum absolute atomic E-state index is 0.466. The Bertz CT molecular complexity index is 3050. The number of hydrogen-bond acceptors (Lipinski definition) is 2. The zero-order valence-electron chi connectivity index (χ0n) is 32.6. The molecule has 1 atom stereocenters. The minimum atomic E-state index is -0.560. The molecule has 1 unspecified atom stereocenters. The van der Waals surface area contributed by atoms with Gasteiger partial charge in [-0.1, -0.05) is 175 Å². The summed E-state index contributed by atoms with van der Waals surface area (Å²) in [6.07, 6.45) is 0. The predicted octanol–water partition coefficient (Wildman–Crippen LogP) is 14.3. The second-order valence-electron chi connectivity index (χ2n) is 16.0. The van der Waals surface area contributed by atoms with Crippen LogP contribution < -0.4 is 9.64 Å². The van der Waals surface area contributed by atoms with Gasteiger partial charge < -0.3 is 9.64 Å². The van der Waals surface area contributed by atoms with Gasteiger partial charge in [-0.2, -0.15) is 0 Å². The van der Waals surface area contributed by atoms with Crippen molar-refractivity contribution in [2.75, 3.05) is 4.90 Å². The molecule has 278 valence electrons. The van der Waals surface area contributed by atoms with Gasteiger partial charge in [0.2, 0.25) is 0 Å². The van der Waals surface area contributed by atoms with Crippen LogP contribution in [0.25, 0.3) is 22.3 Å². The van der Waals surface area contributed by atoms with Gasteiger partial charge >= 0.3 is 0 Å². The fourth-order valence-corrected chi connectivity index (χ4v) is 10.7. The maximum absolute atomic E-state index is 6.66. The minimum Gasteiger partial charge on any atom is -0.457 e. The van der Waals surface area contributed by atoms with E-state index in [9.17, 15) is 0 Å². The molecule has 3 aliphatic rings. The molecule has 2 nitrogen and oxygen atoms in total. The maximum Gasteiger partial charge on any atom is 0.132 e. The van der Waals surface area contributed by atoms with Crippen LogP contribution in [-0.2, 0) is 10.8 Å². The molecule has 0 aromatic heterocycles. The van der Waals surface area contributed by atoms with Crippen LogP contribution >= 0.6 is 0 Å². The highest BCUT2D eigenvalue weighted by Gasteiger charge is 2.51. The third kappa shape index (κ3) is 4.63. The van der Waals surface area contributed by atoms with Crippen molar-refractivity contribution in [3.8, 4) is 33.8 Å². The van der Waals surface area contributed by atoms with E-state index >= 15 is 0 Å². The summed E-state index contributed by atoms with van der Waals surface area (Å²) in [4.78, 5) is 2.44. The summed E-state index contributed by atoms with van der Waals surface area (Å²) < 4.78 is 6.66. The van der Waals surface area contributed by atoms with Crippen molar-refractivity contribution in [3.63, 3.8) is 0 Å². The number of para-hydroxylation sites is 3. The molecule has 2 aliphatic carbocycles. The Labute approximate surface area is 345 Å². The van der Waals surface area contributed by atoms with Crippen LogP contribution in [0.15, 0.2) is 218 Å². The molecule has 9 aromatic carbocycles. The van der Waals surface area contributed by atoms with Crippen molar-refractivity contribution < 1.29 is 4.74 Å². The Morgan fingerprint density at radius 3 is 1.47 bits per heavy atom. The third-order valence-electron chi connectivity index (χ3n) is 13.1. The number of anilines is 3. The maximum atomic E-state index is 6.66. The molecule has 2 heteroatoms. The molecule has 1 spiro atoms. The molecule has 0 N–H and O–H groups in total. The molecule has 0 bridgehead atoms. The van der Waals surface area contributed by atoms with Gasteiger partial charge in [0.1, 0.15) is 11.5 Å². The van der Waals surface area contributed by atoms with Gasteiger partial charge in [-0.05, 0) is 111 Å². The standard InChI is InChI=1S/C57H39NO/c1-38-28-30-40(31-29-38)56(39-16-4-2-5-17-39)48-22-10-9-21-45(48)47-36-42(33-35-50(47)56)58(41-18-6-3-7-19-41)43-32-34-46-44-20-8-11-23-49(44)57(53(46)37-43)51-24-12-14-26-54(51)59-55-27-15-13-25-52(55)57/h2-37H,1H3. The zero-order chi connectivity index (χ0) is 39.1. The van der Waals surface area contributed by atoms with Crippen molar-refractivity contribution in [2.45, 2.75) is 17.8 Å². The summed E-state index contributed by atoms with van der Waals surface area (Å²) in [7, 11) is 0. The average molecular weight is 754 g/mol. The first-order chi connectivity index (χ1) is 29.2. The van der Waals surface area contributed by atoms with Gasteiger partial charge in [-0.15, -0.1) is 0 Å². The molecule has 0 amide bonds. The molecule has 59 heavy (non-hydrogen) atoms. The lowest BCUT2D eigenvalue weighted by atomic mass is 9.66. The SMILES string of the molecule is Cc1ccc(C2(c3ccccc3)c3ccccc3-c3cc(N(c4ccccc4)c4ccc5c(c4)C4(c6ccccc6Oc6ccccc64)c4ccccc4-5)ccc32)cc1. The largest absolute Gasteiger partial charge is 0.457 e. The van der Waals surface area contributed by atoms with Crippen molar-refractivity contribution in [2.24, 2.45) is 0 Å². The number of rotatable bonds is 5. The number of fused-ring (bicyclic) bond motifs is 12. The number of aryl methyl sites for hydroxylation is 1. The van der Waals surface area contributed by atoms with E-state index in [1.807, 2.05) is 0 Å². The fraction of sp³-hybridized carbons (Fsp3) is 0.0526. The van der Waals surface area contributed by atoms with Gasteiger partial charge in [0.05, 0.1) is 10.8 Å².